The molecule has 8 heteroatoms. The van der Waals surface area contributed by atoms with Gasteiger partial charge in [0.25, 0.3) is 0 Å². The molecule has 0 spiro atoms. The van der Waals surface area contributed by atoms with Gasteiger partial charge in [0.15, 0.2) is 5.76 Å². The van der Waals surface area contributed by atoms with Crippen LogP contribution in [0.3, 0.4) is 0 Å². The van der Waals surface area contributed by atoms with Crippen LogP contribution in [-0.4, -0.2) is 42.3 Å². The van der Waals surface area contributed by atoms with Crippen LogP contribution in [0.5, 0.6) is 0 Å². The minimum Gasteiger partial charge on any atom is -0.484 e. The Balaban J connectivity index is 1.75. The van der Waals surface area contributed by atoms with Gasteiger partial charge < -0.3 is 20.1 Å². The van der Waals surface area contributed by atoms with Crippen molar-refractivity contribution in [2.45, 2.75) is 30.8 Å². The first-order valence-corrected chi connectivity index (χ1v) is 10.6. The molecule has 1 atom stereocenters. The Labute approximate surface area is 183 Å². The summed E-state index contributed by atoms with van der Waals surface area (Å²) in [6.07, 6.45) is 5.24. The predicted octanol–water partition coefficient (Wildman–Crippen LogP) is 2.50. The number of nitrogens with two attached hydrogens (primary N) is 1. The molecule has 3 rings (SSSR count). The highest BCUT2D eigenvalue weighted by atomic mass is 79.9. The van der Waals surface area contributed by atoms with E-state index in [-0.39, 0.29) is 31.0 Å². The van der Waals surface area contributed by atoms with E-state index in [0.29, 0.717) is 12.1 Å². The van der Waals surface area contributed by atoms with Gasteiger partial charge in [-0.3, -0.25) is 14.4 Å². The lowest BCUT2D eigenvalue weighted by molar-refractivity contribution is -0.141. The Hall–Kier alpha value is -2.87. The predicted molar refractivity (Wildman–Crippen MR) is 114 cm³/mol. The number of allylic oxidation sites excluding steroid dienone is 2. The number of nitrogens with zero attached hydrogens (tertiary/aromatic N) is 1. The van der Waals surface area contributed by atoms with Crippen molar-refractivity contribution >= 4 is 33.6 Å². The van der Waals surface area contributed by atoms with E-state index in [1.54, 1.807) is 17.2 Å². The molecule has 0 bridgehead atoms. The number of hydrogen-bond donors (Lipinski definition) is 1. The molecule has 1 aliphatic carbocycles. The van der Waals surface area contributed by atoms with Crippen LogP contribution < -0.4 is 5.73 Å². The van der Waals surface area contributed by atoms with Gasteiger partial charge in [0.2, 0.25) is 11.7 Å². The van der Waals surface area contributed by atoms with E-state index < -0.39 is 17.9 Å². The summed E-state index contributed by atoms with van der Waals surface area (Å²) in [4.78, 5) is 37.6. The van der Waals surface area contributed by atoms with Gasteiger partial charge in [-0.25, -0.2) is 0 Å². The molecule has 7 nitrogen and oxygen atoms in total. The van der Waals surface area contributed by atoms with Crippen LogP contribution in [0.25, 0.3) is 0 Å². The number of ketones is 1. The molecule has 2 N–H and O–H groups in total. The van der Waals surface area contributed by atoms with E-state index in [4.69, 9.17) is 10.5 Å². The van der Waals surface area contributed by atoms with Crippen LogP contribution in [0.15, 0.2) is 59.5 Å². The van der Waals surface area contributed by atoms with E-state index in [9.17, 15) is 14.4 Å². The number of methoxy groups -OCH3 is 1. The summed E-state index contributed by atoms with van der Waals surface area (Å²) in [7, 11) is 1.30. The average molecular weight is 475 g/mol. The van der Waals surface area contributed by atoms with Crippen LogP contribution in [0, 0.1) is 0 Å². The summed E-state index contributed by atoms with van der Waals surface area (Å²) < 4.78 is 10.5. The Morgan fingerprint density at radius 1 is 1.20 bits per heavy atom. The third-order valence-electron chi connectivity index (χ3n) is 5.04. The van der Waals surface area contributed by atoms with Gasteiger partial charge in [0.1, 0.15) is 12.6 Å². The number of amides is 1. The number of hydrogen-bond acceptors (Lipinski definition) is 6. The van der Waals surface area contributed by atoms with Crippen LogP contribution in [-0.2, 0) is 35.8 Å². The number of carbonyl (C=O) groups excluding carboxylic acids is 3. The maximum absolute atomic E-state index is 12.4. The Kier molecular flexibility index (Phi) is 7.10. The fourth-order valence-corrected chi connectivity index (χ4v) is 3.75. The minimum absolute atomic E-state index is 0.0748. The lowest BCUT2D eigenvalue weighted by Crippen LogP contribution is -2.41. The standard InChI is InChI=1S/C22H23BrN2O5/c1-29-20(27)9-7-18(22(24)28)25-11-16-6-8-19(26)21(17(16)12-25)30-13-15-4-2-14(10-23)3-5-15/h2-6,8,11,18H,7,9-10,12-13H2,1H3,(H2,24,28). The van der Waals surface area contributed by atoms with Gasteiger partial charge >= 0.3 is 5.97 Å². The third-order valence-corrected chi connectivity index (χ3v) is 5.69. The average Bonchev–Trinajstić information content (AvgIpc) is 3.17. The van der Waals surface area contributed by atoms with Crippen molar-refractivity contribution in [2.24, 2.45) is 5.73 Å². The molecular weight excluding hydrogens is 452 g/mol. The summed E-state index contributed by atoms with van der Waals surface area (Å²) >= 11 is 3.41. The number of esters is 1. The molecule has 2 aliphatic rings. The van der Waals surface area contributed by atoms with Gasteiger partial charge in [0.05, 0.1) is 7.11 Å². The largest absolute Gasteiger partial charge is 0.484 e. The SMILES string of the molecule is COC(=O)CCC(C(N)=O)N1C=C2C=CC(=O)C(OCc3ccc(CBr)cc3)=C2C1. The van der Waals surface area contributed by atoms with Crippen LogP contribution in [0.1, 0.15) is 24.0 Å². The molecule has 0 radical (unpaired) electrons. The second kappa shape index (κ2) is 9.75. The van der Waals surface area contributed by atoms with E-state index in [2.05, 4.69) is 20.7 Å². The Bertz CT molecular complexity index is 933. The Morgan fingerprint density at radius 2 is 1.90 bits per heavy atom. The summed E-state index contributed by atoms with van der Waals surface area (Å²) in [5, 5.41) is 0.772. The smallest absolute Gasteiger partial charge is 0.305 e. The van der Waals surface area contributed by atoms with E-state index in [1.807, 2.05) is 24.3 Å². The Morgan fingerprint density at radius 3 is 2.53 bits per heavy atom. The first-order valence-electron chi connectivity index (χ1n) is 9.49. The summed E-state index contributed by atoms with van der Waals surface area (Å²) in [5.74, 6) is -0.896. The number of carbonyl (C=O) groups is 3. The second-order valence-corrected chi connectivity index (χ2v) is 7.59. The maximum Gasteiger partial charge on any atom is 0.305 e. The number of halogens is 1. The van der Waals surface area contributed by atoms with E-state index in [0.717, 1.165) is 22.0 Å². The maximum atomic E-state index is 12.4. The molecule has 158 valence electrons. The number of primary amides is 1. The van der Waals surface area contributed by atoms with Crippen molar-refractivity contribution in [1.29, 1.82) is 0 Å². The fourth-order valence-electron chi connectivity index (χ4n) is 3.38. The summed E-state index contributed by atoms with van der Waals surface area (Å²) in [6.45, 7) is 0.563. The van der Waals surface area contributed by atoms with Gasteiger partial charge in [-0.05, 0) is 35.3 Å². The van der Waals surface area contributed by atoms with Crippen LogP contribution in [0.2, 0.25) is 0 Å². The molecule has 1 heterocycles. The highest BCUT2D eigenvalue weighted by Crippen LogP contribution is 2.32. The lowest BCUT2D eigenvalue weighted by atomic mass is 10.00. The van der Waals surface area contributed by atoms with Crippen molar-refractivity contribution in [3.63, 3.8) is 0 Å². The molecule has 0 saturated carbocycles. The highest BCUT2D eigenvalue weighted by molar-refractivity contribution is 9.08. The third kappa shape index (κ3) is 4.99. The fraction of sp³-hybridized carbons (Fsp3) is 0.318. The zero-order valence-corrected chi connectivity index (χ0v) is 18.2. The summed E-state index contributed by atoms with van der Waals surface area (Å²) in [5.41, 5.74) is 9.16. The molecule has 1 amide bonds. The first kappa shape index (κ1) is 21.8. The van der Waals surface area contributed by atoms with Crippen molar-refractivity contribution in [3.05, 3.63) is 70.6 Å². The van der Waals surface area contributed by atoms with Crippen LogP contribution in [0.4, 0.5) is 0 Å². The monoisotopic (exact) mass is 474 g/mol. The van der Waals surface area contributed by atoms with Gasteiger partial charge in [0, 0.05) is 30.1 Å². The van der Waals surface area contributed by atoms with Crippen molar-refractivity contribution in [3.8, 4) is 0 Å². The van der Waals surface area contributed by atoms with Gasteiger partial charge in [-0.1, -0.05) is 40.2 Å². The zero-order chi connectivity index (χ0) is 21.7. The molecule has 1 aromatic rings. The first-order chi connectivity index (χ1) is 14.4. The highest BCUT2D eigenvalue weighted by Gasteiger charge is 2.33. The van der Waals surface area contributed by atoms with E-state index in [1.165, 1.54) is 13.2 Å². The molecule has 1 unspecified atom stereocenters. The van der Waals surface area contributed by atoms with Gasteiger partial charge in [-0.2, -0.15) is 0 Å². The number of fused-ring (bicyclic) bond motifs is 1. The van der Waals surface area contributed by atoms with Crippen molar-refractivity contribution < 1.29 is 23.9 Å². The lowest BCUT2D eigenvalue weighted by Gasteiger charge is -2.25. The summed E-state index contributed by atoms with van der Waals surface area (Å²) in [6, 6.07) is 7.22. The zero-order valence-electron chi connectivity index (χ0n) is 16.6. The molecule has 30 heavy (non-hydrogen) atoms. The molecule has 0 saturated heterocycles. The van der Waals surface area contributed by atoms with E-state index >= 15 is 0 Å². The minimum atomic E-state index is -0.684. The normalized spacial score (nSPS) is 16.3. The molecule has 0 aromatic heterocycles. The second-order valence-electron chi connectivity index (χ2n) is 7.03. The number of ether oxygens (including phenoxy) is 2. The molecular formula is C22H23BrN2O5. The number of alkyl halides is 1. The topological polar surface area (TPSA) is 98.9 Å². The molecule has 0 fully saturated rings. The van der Waals surface area contributed by atoms with Crippen molar-refractivity contribution in [1.82, 2.24) is 4.90 Å². The van der Waals surface area contributed by atoms with Gasteiger partial charge in [-0.15, -0.1) is 0 Å². The quantitative estimate of drug-likeness (QED) is 0.436. The number of rotatable bonds is 9. The molecule has 1 aromatic carbocycles. The van der Waals surface area contributed by atoms with Crippen LogP contribution >= 0.6 is 15.9 Å². The van der Waals surface area contributed by atoms with Crippen molar-refractivity contribution in [2.75, 3.05) is 13.7 Å². The molecule has 1 aliphatic heterocycles. The number of benzene rings is 1.